The van der Waals surface area contributed by atoms with E-state index >= 15 is 0 Å². The maximum Gasteiger partial charge on any atom is 0.416 e. The van der Waals surface area contributed by atoms with E-state index in [1.54, 1.807) is 6.07 Å². The molecule has 2 aliphatic heterocycles. The van der Waals surface area contributed by atoms with E-state index in [4.69, 9.17) is 0 Å². The second kappa shape index (κ2) is 4.77. The van der Waals surface area contributed by atoms with Gasteiger partial charge < -0.3 is 4.90 Å². The van der Waals surface area contributed by atoms with Crippen molar-refractivity contribution in [1.29, 1.82) is 0 Å². The Morgan fingerprint density at radius 1 is 1.00 bits per heavy atom. The summed E-state index contributed by atoms with van der Waals surface area (Å²) in [6.45, 7) is 0.919. The summed E-state index contributed by atoms with van der Waals surface area (Å²) in [5.74, 6) is 0.401. The largest absolute Gasteiger partial charge is 0.416 e. The van der Waals surface area contributed by atoms with Gasteiger partial charge in [0.2, 0.25) is 0 Å². The van der Waals surface area contributed by atoms with Gasteiger partial charge in [-0.05, 0) is 48.1 Å². The van der Waals surface area contributed by atoms with Crippen LogP contribution in [0.4, 0.5) is 18.9 Å². The molecule has 2 aromatic carbocycles. The smallest absolute Gasteiger partial charge is 0.364 e. The fourth-order valence-corrected chi connectivity index (χ4v) is 3.93. The van der Waals surface area contributed by atoms with Crippen molar-refractivity contribution < 1.29 is 13.2 Å². The number of benzene rings is 2. The van der Waals surface area contributed by atoms with Crippen LogP contribution in [-0.4, -0.2) is 6.54 Å². The molecule has 0 radical (unpaired) electrons. The molecule has 0 aromatic heterocycles. The van der Waals surface area contributed by atoms with Crippen LogP contribution < -0.4 is 4.90 Å². The second-order valence-electron chi connectivity index (χ2n) is 6.14. The van der Waals surface area contributed by atoms with Crippen LogP contribution in [0.15, 0.2) is 48.5 Å². The minimum atomic E-state index is -4.26. The third-order valence-corrected chi connectivity index (χ3v) is 4.86. The zero-order valence-corrected chi connectivity index (χ0v) is 12.0. The molecule has 1 fully saturated rings. The van der Waals surface area contributed by atoms with Gasteiger partial charge in [-0.25, -0.2) is 0 Å². The van der Waals surface area contributed by atoms with E-state index in [9.17, 15) is 13.2 Å². The number of nitrogens with zero attached hydrogens (tertiary/aromatic N) is 1. The highest BCUT2D eigenvalue weighted by atomic mass is 19.4. The van der Waals surface area contributed by atoms with E-state index in [1.165, 1.54) is 17.7 Å². The normalized spacial score (nSPS) is 23.5. The molecule has 22 heavy (non-hydrogen) atoms. The lowest BCUT2D eigenvalue weighted by Crippen LogP contribution is -2.30. The Morgan fingerprint density at radius 3 is 2.50 bits per heavy atom. The lowest BCUT2D eigenvalue weighted by Gasteiger charge is -2.37. The minimum absolute atomic E-state index is 0.297. The Hall–Kier alpha value is -1.97. The number of fused-ring (bicyclic) bond motifs is 4. The zero-order valence-electron chi connectivity index (χ0n) is 12.0. The number of anilines is 1. The molecule has 4 rings (SSSR count). The molecule has 4 heteroatoms. The molecule has 2 atom stereocenters. The average Bonchev–Trinajstić information content (AvgIpc) is 2.82. The molecule has 0 N–H and O–H groups in total. The fourth-order valence-electron chi connectivity index (χ4n) is 3.93. The molecule has 1 nitrogen and oxygen atoms in total. The maximum absolute atomic E-state index is 12.9. The summed E-state index contributed by atoms with van der Waals surface area (Å²) in [6, 6.07) is 14.8. The Morgan fingerprint density at radius 2 is 1.77 bits per heavy atom. The Kier molecular flexibility index (Phi) is 2.96. The molecule has 2 bridgehead atoms. The van der Waals surface area contributed by atoms with E-state index in [0.29, 0.717) is 12.0 Å². The van der Waals surface area contributed by atoms with Gasteiger partial charge in [-0.1, -0.05) is 30.3 Å². The van der Waals surface area contributed by atoms with Crippen molar-refractivity contribution in [2.75, 3.05) is 11.4 Å². The van der Waals surface area contributed by atoms with Crippen molar-refractivity contribution >= 4 is 5.69 Å². The van der Waals surface area contributed by atoms with Crippen molar-refractivity contribution in [3.63, 3.8) is 0 Å². The summed E-state index contributed by atoms with van der Waals surface area (Å²) in [5.41, 5.74) is 2.53. The number of halogens is 3. The molecule has 1 saturated heterocycles. The van der Waals surface area contributed by atoms with Crippen molar-refractivity contribution in [3.8, 4) is 0 Å². The van der Waals surface area contributed by atoms with Crippen molar-refractivity contribution in [2.24, 2.45) is 5.92 Å². The highest BCUT2D eigenvalue weighted by Crippen LogP contribution is 2.48. The Bertz CT molecular complexity index is 693. The molecule has 2 aromatic rings. The van der Waals surface area contributed by atoms with E-state index < -0.39 is 11.7 Å². The van der Waals surface area contributed by atoms with Crippen molar-refractivity contribution in [3.05, 3.63) is 65.2 Å². The summed E-state index contributed by atoms with van der Waals surface area (Å²) < 4.78 is 38.7. The van der Waals surface area contributed by atoms with Gasteiger partial charge >= 0.3 is 6.18 Å². The van der Waals surface area contributed by atoms with Crippen molar-refractivity contribution in [2.45, 2.75) is 25.1 Å². The molecule has 0 spiro atoms. The van der Waals surface area contributed by atoms with Gasteiger partial charge in [-0.3, -0.25) is 0 Å². The van der Waals surface area contributed by atoms with Crippen LogP contribution in [0.5, 0.6) is 0 Å². The first-order chi connectivity index (χ1) is 10.5. The molecule has 2 heterocycles. The fraction of sp³-hybridized carbons (Fsp3) is 0.333. The summed E-state index contributed by atoms with van der Waals surface area (Å²) in [4.78, 5) is 2.28. The van der Waals surface area contributed by atoms with Crippen molar-refractivity contribution in [1.82, 2.24) is 0 Å². The van der Waals surface area contributed by atoms with Gasteiger partial charge in [0.05, 0.1) is 11.6 Å². The summed E-state index contributed by atoms with van der Waals surface area (Å²) in [7, 11) is 0. The second-order valence-corrected chi connectivity index (χ2v) is 6.14. The van der Waals surface area contributed by atoms with Gasteiger partial charge in [-0.15, -0.1) is 0 Å². The lowest BCUT2D eigenvalue weighted by molar-refractivity contribution is -0.137. The molecule has 0 amide bonds. The first-order valence-electron chi connectivity index (χ1n) is 7.56. The molecule has 2 unspecified atom stereocenters. The monoisotopic (exact) mass is 303 g/mol. The molecule has 114 valence electrons. The molecule has 0 saturated carbocycles. The average molecular weight is 303 g/mol. The van der Waals surface area contributed by atoms with Crippen LogP contribution in [0.1, 0.15) is 29.2 Å². The van der Waals surface area contributed by atoms with Gasteiger partial charge in [0.25, 0.3) is 0 Å². The molecule has 0 aliphatic carbocycles. The van der Waals surface area contributed by atoms with Gasteiger partial charge in [0.15, 0.2) is 0 Å². The topological polar surface area (TPSA) is 3.24 Å². The first-order valence-corrected chi connectivity index (χ1v) is 7.56. The van der Waals surface area contributed by atoms with Crippen LogP contribution in [0.25, 0.3) is 0 Å². The summed E-state index contributed by atoms with van der Waals surface area (Å²) in [6.07, 6.45) is -2.50. The highest BCUT2D eigenvalue weighted by molar-refractivity contribution is 5.61. The maximum atomic E-state index is 12.9. The van der Waals surface area contributed by atoms with E-state index in [2.05, 4.69) is 17.0 Å². The van der Waals surface area contributed by atoms with Crippen LogP contribution in [0, 0.1) is 5.92 Å². The number of hydrogen-bond donors (Lipinski definition) is 0. The third kappa shape index (κ3) is 2.09. The number of alkyl halides is 3. The minimum Gasteiger partial charge on any atom is -0.364 e. The van der Waals surface area contributed by atoms with Crippen LogP contribution >= 0.6 is 0 Å². The Balaban J connectivity index is 1.75. The SMILES string of the molecule is FC(F)(F)c1ccc2c(c1)CC1CCN2C1c1ccccc1. The third-order valence-electron chi connectivity index (χ3n) is 4.86. The van der Waals surface area contributed by atoms with Crippen LogP contribution in [0.2, 0.25) is 0 Å². The van der Waals surface area contributed by atoms with E-state index in [1.807, 2.05) is 18.2 Å². The summed E-state index contributed by atoms with van der Waals surface area (Å²) >= 11 is 0. The van der Waals surface area contributed by atoms with E-state index in [0.717, 1.165) is 30.6 Å². The predicted octanol–water partition coefficient (Wildman–Crippen LogP) is 4.83. The molecular formula is C18H16F3N. The van der Waals surface area contributed by atoms with Crippen LogP contribution in [-0.2, 0) is 12.6 Å². The highest BCUT2D eigenvalue weighted by Gasteiger charge is 2.41. The number of rotatable bonds is 1. The zero-order chi connectivity index (χ0) is 15.3. The molecular weight excluding hydrogens is 287 g/mol. The summed E-state index contributed by atoms with van der Waals surface area (Å²) in [5, 5.41) is 0. The van der Waals surface area contributed by atoms with Gasteiger partial charge in [0, 0.05) is 12.2 Å². The first kappa shape index (κ1) is 13.7. The Labute approximate surface area is 127 Å². The van der Waals surface area contributed by atoms with Gasteiger partial charge in [-0.2, -0.15) is 13.2 Å². The van der Waals surface area contributed by atoms with Gasteiger partial charge in [0.1, 0.15) is 0 Å². The van der Waals surface area contributed by atoms with E-state index in [-0.39, 0.29) is 0 Å². The standard InChI is InChI=1S/C18H16F3N/c19-18(20,21)15-6-7-16-14(11-15)10-13-8-9-22(16)17(13)12-4-2-1-3-5-12/h1-7,11,13,17H,8-10H2. The number of hydrogen-bond acceptors (Lipinski definition) is 1. The molecule has 2 aliphatic rings. The quantitative estimate of drug-likeness (QED) is 0.729. The lowest BCUT2D eigenvalue weighted by atomic mass is 9.84. The predicted molar refractivity (Wildman–Crippen MR) is 79.8 cm³/mol. The van der Waals surface area contributed by atoms with Crippen LogP contribution in [0.3, 0.4) is 0 Å².